The third-order valence-corrected chi connectivity index (χ3v) is 3.50. The van der Waals surface area contributed by atoms with Crippen LogP contribution < -0.4 is 16.0 Å². The van der Waals surface area contributed by atoms with Crippen molar-refractivity contribution in [3.63, 3.8) is 0 Å². The van der Waals surface area contributed by atoms with Crippen molar-refractivity contribution in [2.45, 2.75) is 13.3 Å². The second-order valence-electron chi connectivity index (χ2n) is 5.55. The van der Waals surface area contributed by atoms with Crippen molar-refractivity contribution in [1.82, 2.24) is 10.6 Å². The van der Waals surface area contributed by atoms with Crippen LogP contribution in [0.5, 0.6) is 0 Å². The standard InChI is InChI=1S/C19H22FN3O2/c1-2-10-21-11-12-22-18(24)15-4-3-5-17(13-15)23-19(25)14-6-8-16(20)9-7-14/h3-9,13,21H,2,10-12H2,1H3,(H,22,24)(H,23,25). The van der Waals surface area contributed by atoms with E-state index in [2.05, 4.69) is 22.9 Å². The summed E-state index contributed by atoms with van der Waals surface area (Å²) in [5.41, 5.74) is 1.32. The summed E-state index contributed by atoms with van der Waals surface area (Å²) in [4.78, 5) is 24.3. The molecule has 0 saturated heterocycles. The second kappa shape index (κ2) is 9.54. The third-order valence-electron chi connectivity index (χ3n) is 3.50. The second-order valence-corrected chi connectivity index (χ2v) is 5.55. The Morgan fingerprint density at radius 3 is 2.40 bits per heavy atom. The molecule has 25 heavy (non-hydrogen) atoms. The number of amides is 2. The van der Waals surface area contributed by atoms with Gasteiger partial charge >= 0.3 is 0 Å². The zero-order chi connectivity index (χ0) is 18.1. The van der Waals surface area contributed by atoms with Crippen LogP contribution in [0.3, 0.4) is 0 Å². The Balaban J connectivity index is 1.92. The van der Waals surface area contributed by atoms with Gasteiger partial charge in [-0.2, -0.15) is 0 Å². The molecule has 6 heteroatoms. The first-order chi connectivity index (χ1) is 12.1. The summed E-state index contributed by atoms with van der Waals surface area (Å²) in [5.74, 6) is -0.957. The Hall–Kier alpha value is -2.73. The Bertz CT molecular complexity index is 717. The largest absolute Gasteiger partial charge is 0.351 e. The molecular formula is C19H22FN3O2. The molecule has 3 N–H and O–H groups in total. The van der Waals surface area contributed by atoms with Crippen molar-refractivity contribution >= 4 is 17.5 Å². The highest BCUT2D eigenvalue weighted by Gasteiger charge is 2.09. The van der Waals surface area contributed by atoms with E-state index in [1.54, 1.807) is 24.3 Å². The number of benzene rings is 2. The number of anilines is 1. The molecule has 2 aromatic rings. The minimum Gasteiger partial charge on any atom is -0.351 e. The molecule has 5 nitrogen and oxygen atoms in total. The average molecular weight is 343 g/mol. The molecule has 0 heterocycles. The molecular weight excluding hydrogens is 321 g/mol. The summed E-state index contributed by atoms with van der Waals surface area (Å²) in [6.45, 7) is 4.24. The smallest absolute Gasteiger partial charge is 0.255 e. The molecule has 0 aliphatic carbocycles. The lowest BCUT2D eigenvalue weighted by atomic mass is 10.1. The van der Waals surface area contributed by atoms with E-state index in [9.17, 15) is 14.0 Å². The maximum Gasteiger partial charge on any atom is 0.255 e. The van der Waals surface area contributed by atoms with Crippen molar-refractivity contribution in [1.29, 1.82) is 0 Å². The monoisotopic (exact) mass is 343 g/mol. The van der Waals surface area contributed by atoms with Crippen LogP contribution in [-0.2, 0) is 0 Å². The van der Waals surface area contributed by atoms with E-state index in [0.29, 0.717) is 29.9 Å². The average Bonchev–Trinajstić information content (AvgIpc) is 2.62. The first-order valence-corrected chi connectivity index (χ1v) is 8.26. The zero-order valence-electron chi connectivity index (χ0n) is 14.1. The maximum absolute atomic E-state index is 12.9. The van der Waals surface area contributed by atoms with E-state index in [0.717, 1.165) is 13.0 Å². The van der Waals surface area contributed by atoms with Crippen molar-refractivity contribution in [2.75, 3.05) is 25.0 Å². The van der Waals surface area contributed by atoms with Crippen molar-refractivity contribution in [2.24, 2.45) is 0 Å². The van der Waals surface area contributed by atoms with E-state index in [1.165, 1.54) is 24.3 Å². The molecule has 2 aromatic carbocycles. The summed E-state index contributed by atoms with van der Waals surface area (Å²) in [7, 11) is 0. The van der Waals surface area contributed by atoms with E-state index in [1.807, 2.05) is 0 Å². The van der Waals surface area contributed by atoms with Crippen LogP contribution in [0.25, 0.3) is 0 Å². The van der Waals surface area contributed by atoms with Gasteiger partial charge in [-0.25, -0.2) is 4.39 Å². The summed E-state index contributed by atoms with van der Waals surface area (Å²) < 4.78 is 12.9. The summed E-state index contributed by atoms with van der Waals surface area (Å²) in [6, 6.07) is 12.0. The van der Waals surface area contributed by atoms with E-state index < -0.39 is 5.82 Å². The molecule has 0 aliphatic rings. The lowest BCUT2D eigenvalue weighted by Gasteiger charge is -2.09. The van der Waals surface area contributed by atoms with Crippen LogP contribution in [0.2, 0.25) is 0 Å². The number of carbonyl (C=O) groups excluding carboxylic acids is 2. The SMILES string of the molecule is CCCNCCNC(=O)c1cccc(NC(=O)c2ccc(F)cc2)c1. The number of nitrogens with one attached hydrogen (secondary N) is 3. The van der Waals surface area contributed by atoms with Gasteiger partial charge in [-0.15, -0.1) is 0 Å². The minimum absolute atomic E-state index is 0.198. The quantitative estimate of drug-likeness (QED) is 0.646. The summed E-state index contributed by atoms with van der Waals surface area (Å²) >= 11 is 0. The van der Waals surface area contributed by atoms with Crippen LogP contribution in [0, 0.1) is 5.82 Å². The van der Waals surface area contributed by atoms with Gasteiger partial charge < -0.3 is 16.0 Å². The fourth-order valence-corrected chi connectivity index (χ4v) is 2.21. The number of hydrogen-bond acceptors (Lipinski definition) is 3. The predicted molar refractivity (Wildman–Crippen MR) is 96.3 cm³/mol. The topological polar surface area (TPSA) is 70.2 Å². The zero-order valence-corrected chi connectivity index (χ0v) is 14.1. The molecule has 0 unspecified atom stereocenters. The normalized spacial score (nSPS) is 10.3. The number of halogens is 1. The minimum atomic E-state index is -0.399. The van der Waals surface area contributed by atoms with Gasteiger partial charge in [-0.3, -0.25) is 9.59 Å². The Kier molecular flexibility index (Phi) is 7.10. The van der Waals surface area contributed by atoms with Crippen molar-refractivity contribution < 1.29 is 14.0 Å². The van der Waals surface area contributed by atoms with E-state index >= 15 is 0 Å². The number of hydrogen-bond donors (Lipinski definition) is 3. The molecule has 0 atom stereocenters. The molecule has 0 aliphatic heterocycles. The first-order valence-electron chi connectivity index (χ1n) is 8.26. The highest BCUT2D eigenvalue weighted by atomic mass is 19.1. The molecule has 0 bridgehead atoms. The lowest BCUT2D eigenvalue weighted by Crippen LogP contribution is -2.32. The number of rotatable bonds is 8. The van der Waals surface area contributed by atoms with Gasteiger partial charge in [0.15, 0.2) is 0 Å². The van der Waals surface area contributed by atoms with Gasteiger partial charge in [-0.05, 0) is 55.4 Å². The maximum atomic E-state index is 12.9. The highest BCUT2D eigenvalue weighted by molar-refractivity contribution is 6.05. The van der Waals surface area contributed by atoms with Gasteiger partial charge in [0.05, 0.1) is 0 Å². The van der Waals surface area contributed by atoms with Gasteiger partial charge in [0.1, 0.15) is 5.82 Å². The fraction of sp³-hybridized carbons (Fsp3) is 0.263. The first kappa shape index (κ1) is 18.6. The number of carbonyl (C=O) groups is 2. The molecule has 0 spiro atoms. The van der Waals surface area contributed by atoms with Crippen LogP contribution in [0.4, 0.5) is 10.1 Å². The third kappa shape index (κ3) is 6.00. The predicted octanol–water partition coefficient (Wildman–Crippen LogP) is 2.81. The van der Waals surface area contributed by atoms with Gasteiger partial charge in [0.2, 0.25) is 0 Å². The van der Waals surface area contributed by atoms with Gasteiger partial charge in [0.25, 0.3) is 11.8 Å². The van der Waals surface area contributed by atoms with Crippen LogP contribution in [-0.4, -0.2) is 31.4 Å². The molecule has 0 fully saturated rings. The lowest BCUT2D eigenvalue weighted by molar-refractivity contribution is 0.0952. The van der Waals surface area contributed by atoms with E-state index in [-0.39, 0.29) is 11.8 Å². The van der Waals surface area contributed by atoms with Gasteiger partial charge in [0, 0.05) is 29.9 Å². The molecule has 0 aromatic heterocycles. The van der Waals surface area contributed by atoms with E-state index in [4.69, 9.17) is 0 Å². The van der Waals surface area contributed by atoms with Crippen LogP contribution >= 0.6 is 0 Å². The fourth-order valence-electron chi connectivity index (χ4n) is 2.21. The van der Waals surface area contributed by atoms with Gasteiger partial charge in [-0.1, -0.05) is 13.0 Å². The summed E-state index contributed by atoms with van der Waals surface area (Å²) in [5, 5.41) is 8.73. The Labute approximate surface area is 146 Å². The van der Waals surface area contributed by atoms with Crippen LogP contribution in [0.1, 0.15) is 34.1 Å². The molecule has 2 amide bonds. The molecule has 0 saturated carbocycles. The molecule has 132 valence electrons. The molecule has 0 radical (unpaired) electrons. The van der Waals surface area contributed by atoms with Crippen molar-refractivity contribution in [3.05, 3.63) is 65.5 Å². The highest BCUT2D eigenvalue weighted by Crippen LogP contribution is 2.13. The Morgan fingerprint density at radius 1 is 0.920 bits per heavy atom. The van der Waals surface area contributed by atoms with Crippen molar-refractivity contribution in [3.8, 4) is 0 Å². The summed E-state index contributed by atoms with van der Waals surface area (Å²) in [6.07, 6.45) is 1.05. The van der Waals surface area contributed by atoms with Crippen LogP contribution in [0.15, 0.2) is 48.5 Å². The Morgan fingerprint density at radius 2 is 1.68 bits per heavy atom. The molecule has 2 rings (SSSR count).